The van der Waals surface area contributed by atoms with Gasteiger partial charge in [-0.05, 0) is 37.7 Å². The van der Waals surface area contributed by atoms with Gasteiger partial charge in [-0.2, -0.15) is 5.10 Å². The van der Waals surface area contributed by atoms with E-state index < -0.39 is 0 Å². The zero-order valence-electron chi connectivity index (χ0n) is 11.2. The molecular weight excluding hydrogens is 228 g/mol. The van der Waals surface area contributed by atoms with Crippen LogP contribution in [-0.2, 0) is 0 Å². The second-order valence-corrected chi connectivity index (χ2v) is 5.10. The third-order valence-corrected chi connectivity index (χ3v) is 3.67. The van der Waals surface area contributed by atoms with Gasteiger partial charge in [0.15, 0.2) is 0 Å². The lowest BCUT2D eigenvalue weighted by Crippen LogP contribution is -2.29. The zero-order valence-corrected chi connectivity index (χ0v) is 11.2. The lowest BCUT2D eigenvalue weighted by atomic mass is 9.81. The van der Waals surface area contributed by atoms with Crippen LogP contribution in [0.4, 0.5) is 0 Å². The Balaban J connectivity index is 2.06. The molecule has 1 aromatic rings. The van der Waals surface area contributed by atoms with E-state index in [1.165, 1.54) is 12.7 Å². The summed E-state index contributed by atoms with van der Waals surface area (Å²) in [7, 11) is 0. The van der Waals surface area contributed by atoms with Gasteiger partial charge < -0.3 is 4.42 Å². The summed E-state index contributed by atoms with van der Waals surface area (Å²) in [5.74, 6) is 1.34. The molecule has 1 amide bonds. The topological polar surface area (TPSA) is 54.6 Å². The fraction of sp³-hybridized carbons (Fsp3) is 0.571. The molecule has 1 heterocycles. The predicted molar refractivity (Wildman–Crippen MR) is 70.5 cm³/mol. The average molecular weight is 248 g/mol. The Bertz CT molecular complexity index is 450. The number of hydrogen-bond acceptors (Lipinski definition) is 3. The molecule has 1 fully saturated rings. The number of aryl methyl sites for hydroxylation is 1. The summed E-state index contributed by atoms with van der Waals surface area (Å²) in [5, 5.41) is 4.32. The molecule has 1 aliphatic carbocycles. The molecule has 0 aliphatic heterocycles. The highest BCUT2D eigenvalue weighted by Gasteiger charge is 2.23. The number of amides is 1. The van der Waals surface area contributed by atoms with Crippen LogP contribution in [0.3, 0.4) is 0 Å². The summed E-state index contributed by atoms with van der Waals surface area (Å²) in [6, 6.07) is 1.67. The largest absolute Gasteiger partial charge is 0.469 e. The minimum atomic E-state index is -0.196. The maximum atomic E-state index is 11.9. The van der Waals surface area contributed by atoms with Crippen molar-refractivity contribution in [2.24, 2.45) is 16.9 Å². The fourth-order valence-electron chi connectivity index (χ4n) is 2.53. The Morgan fingerprint density at radius 3 is 2.61 bits per heavy atom. The predicted octanol–water partition coefficient (Wildman–Crippen LogP) is 3.13. The smallest absolute Gasteiger partial charge is 0.274 e. The van der Waals surface area contributed by atoms with Crippen LogP contribution >= 0.6 is 0 Å². The first-order valence-corrected chi connectivity index (χ1v) is 6.51. The number of furan rings is 1. The minimum absolute atomic E-state index is 0.196. The third kappa shape index (κ3) is 2.63. The van der Waals surface area contributed by atoms with Crippen LogP contribution in [0.15, 0.2) is 21.8 Å². The maximum Gasteiger partial charge on any atom is 0.274 e. The van der Waals surface area contributed by atoms with Gasteiger partial charge in [0.25, 0.3) is 5.91 Å². The molecule has 1 aliphatic rings. The van der Waals surface area contributed by atoms with Crippen molar-refractivity contribution in [3.8, 4) is 0 Å². The molecule has 2 atom stereocenters. The van der Waals surface area contributed by atoms with E-state index in [2.05, 4.69) is 24.4 Å². The van der Waals surface area contributed by atoms with Gasteiger partial charge in [0.1, 0.15) is 5.76 Å². The first-order chi connectivity index (χ1) is 8.59. The standard InChI is InChI=1S/C14H20N2O2/c1-9-5-4-6-10(2)13(9)15-16-14(17)12-7-8-18-11(12)3/h7-10H,4-6H2,1-3H3,(H,16,17)/t9-,10-/m1/s1. The number of hydrogen-bond donors (Lipinski definition) is 1. The van der Waals surface area contributed by atoms with Gasteiger partial charge in [0, 0.05) is 5.71 Å². The van der Waals surface area contributed by atoms with Gasteiger partial charge in [-0.3, -0.25) is 4.79 Å². The average Bonchev–Trinajstić information content (AvgIpc) is 2.74. The van der Waals surface area contributed by atoms with Crippen LogP contribution in [0.5, 0.6) is 0 Å². The van der Waals surface area contributed by atoms with Crippen molar-refractivity contribution in [3.63, 3.8) is 0 Å². The highest BCUT2D eigenvalue weighted by Crippen LogP contribution is 2.25. The molecule has 4 nitrogen and oxygen atoms in total. The number of nitrogens with one attached hydrogen (secondary N) is 1. The molecule has 0 radical (unpaired) electrons. The lowest BCUT2D eigenvalue weighted by molar-refractivity contribution is 0.0952. The van der Waals surface area contributed by atoms with Crippen molar-refractivity contribution in [3.05, 3.63) is 23.7 Å². The molecule has 1 N–H and O–H groups in total. The fourth-order valence-corrected chi connectivity index (χ4v) is 2.53. The summed E-state index contributed by atoms with van der Waals surface area (Å²) in [6.45, 7) is 6.11. The van der Waals surface area contributed by atoms with Crippen molar-refractivity contribution in [2.75, 3.05) is 0 Å². The maximum absolute atomic E-state index is 11.9. The zero-order chi connectivity index (χ0) is 13.1. The molecule has 1 saturated carbocycles. The van der Waals surface area contributed by atoms with Crippen LogP contribution in [0.1, 0.15) is 49.2 Å². The van der Waals surface area contributed by atoms with E-state index in [1.807, 2.05) is 0 Å². The van der Waals surface area contributed by atoms with Gasteiger partial charge in [0.05, 0.1) is 11.8 Å². The lowest BCUT2D eigenvalue weighted by Gasteiger charge is -2.26. The number of nitrogens with zero attached hydrogens (tertiary/aromatic N) is 1. The van der Waals surface area contributed by atoms with Crippen LogP contribution in [0, 0.1) is 18.8 Å². The molecule has 0 unspecified atom stereocenters. The monoisotopic (exact) mass is 248 g/mol. The van der Waals surface area contributed by atoms with E-state index in [9.17, 15) is 4.79 Å². The van der Waals surface area contributed by atoms with Crippen molar-refractivity contribution in [1.82, 2.24) is 5.43 Å². The van der Waals surface area contributed by atoms with E-state index in [4.69, 9.17) is 4.42 Å². The Hall–Kier alpha value is -1.58. The van der Waals surface area contributed by atoms with Gasteiger partial charge in [0.2, 0.25) is 0 Å². The Morgan fingerprint density at radius 2 is 2.06 bits per heavy atom. The highest BCUT2D eigenvalue weighted by molar-refractivity contribution is 5.96. The Kier molecular flexibility index (Phi) is 3.84. The first-order valence-electron chi connectivity index (χ1n) is 6.51. The van der Waals surface area contributed by atoms with E-state index >= 15 is 0 Å². The second-order valence-electron chi connectivity index (χ2n) is 5.10. The number of carbonyl (C=O) groups is 1. The van der Waals surface area contributed by atoms with Gasteiger partial charge in [-0.25, -0.2) is 5.43 Å². The summed E-state index contributed by atoms with van der Waals surface area (Å²) >= 11 is 0. The molecular formula is C14H20N2O2. The molecule has 0 saturated heterocycles. The molecule has 0 aromatic carbocycles. The molecule has 1 aromatic heterocycles. The van der Waals surface area contributed by atoms with E-state index in [0.717, 1.165) is 18.6 Å². The Morgan fingerprint density at radius 1 is 1.39 bits per heavy atom. The molecule has 4 heteroatoms. The third-order valence-electron chi connectivity index (χ3n) is 3.67. The molecule has 0 spiro atoms. The minimum Gasteiger partial charge on any atom is -0.469 e. The SMILES string of the molecule is Cc1occc1C(=O)NN=C1[C@H](C)CCC[C@H]1C. The summed E-state index contributed by atoms with van der Waals surface area (Å²) in [5.41, 5.74) is 4.30. The van der Waals surface area contributed by atoms with E-state index in [0.29, 0.717) is 23.2 Å². The quantitative estimate of drug-likeness (QED) is 0.817. The van der Waals surface area contributed by atoms with Crippen LogP contribution in [0.2, 0.25) is 0 Å². The molecule has 0 bridgehead atoms. The highest BCUT2D eigenvalue weighted by atomic mass is 16.3. The number of hydrazone groups is 1. The molecule has 18 heavy (non-hydrogen) atoms. The summed E-state index contributed by atoms with van der Waals surface area (Å²) < 4.78 is 5.11. The van der Waals surface area contributed by atoms with E-state index in [-0.39, 0.29) is 5.91 Å². The van der Waals surface area contributed by atoms with Crippen molar-refractivity contribution in [1.29, 1.82) is 0 Å². The van der Waals surface area contributed by atoms with Gasteiger partial charge >= 0.3 is 0 Å². The number of rotatable bonds is 2. The van der Waals surface area contributed by atoms with Crippen molar-refractivity contribution >= 4 is 11.6 Å². The van der Waals surface area contributed by atoms with Crippen molar-refractivity contribution < 1.29 is 9.21 Å². The normalized spacial score (nSPS) is 23.8. The van der Waals surface area contributed by atoms with E-state index in [1.54, 1.807) is 13.0 Å². The summed E-state index contributed by atoms with van der Waals surface area (Å²) in [4.78, 5) is 11.9. The van der Waals surface area contributed by atoms with Gasteiger partial charge in [-0.15, -0.1) is 0 Å². The van der Waals surface area contributed by atoms with Crippen LogP contribution in [-0.4, -0.2) is 11.6 Å². The molecule has 2 rings (SSSR count). The summed E-state index contributed by atoms with van der Waals surface area (Å²) in [6.07, 6.45) is 5.08. The van der Waals surface area contributed by atoms with Gasteiger partial charge in [-0.1, -0.05) is 20.3 Å². The molecule has 98 valence electrons. The van der Waals surface area contributed by atoms with Crippen molar-refractivity contribution in [2.45, 2.75) is 40.0 Å². The second kappa shape index (κ2) is 5.38. The first kappa shape index (κ1) is 12.9. The van der Waals surface area contributed by atoms with Crippen LogP contribution < -0.4 is 5.43 Å². The number of carbonyl (C=O) groups excluding carboxylic acids is 1. The van der Waals surface area contributed by atoms with Crippen LogP contribution in [0.25, 0.3) is 0 Å². The Labute approximate surface area is 107 Å².